The van der Waals surface area contributed by atoms with Crippen LogP contribution in [0.5, 0.6) is 0 Å². The molecular formula is C13H12F3N3O4. The summed E-state index contributed by atoms with van der Waals surface area (Å²) in [5.74, 6) is -0.743. The van der Waals surface area contributed by atoms with Gasteiger partial charge in [-0.25, -0.2) is 9.48 Å². The van der Waals surface area contributed by atoms with Crippen LogP contribution in [-0.4, -0.2) is 33.6 Å². The molecule has 0 unspecified atom stereocenters. The number of alkyl halides is 3. The van der Waals surface area contributed by atoms with Gasteiger partial charge in [-0.05, 0) is 6.07 Å². The minimum absolute atomic E-state index is 0.00688. The summed E-state index contributed by atoms with van der Waals surface area (Å²) in [4.78, 5) is 35.7. The van der Waals surface area contributed by atoms with E-state index in [9.17, 15) is 27.6 Å². The molecule has 0 radical (unpaired) electrons. The number of aromatic amines is 1. The highest BCUT2D eigenvalue weighted by Gasteiger charge is 2.30. The Bertz CT molecular complexity index is 861. The summed E-state index contributed by atoms with van der Waals surface area (Å²) in [5.41, 5.74) is -2.11. The molecule has 10 heteroatoms. The van der Waals surface area contributed by atoms with E-state index in [1.165, 1.54) is 13.2 Å². The van der Waals surface area contributed by atoms with Gasteiger partial charge >= 0.3 is 12.1 Å². The summed E-state index contributed by atoms with van der Waals surface area (Å²) in [7, 11) is 2.49. The molecule has 0 aliphatic heterocycles. The number of nitrogens with one attached hydrogen (secondary N) is 1. The van der Waals surface area contributed by atoms with Gasteiger partial charge in [0.15, 0.2) is 0 Å². The number of nitrogens with zero attached hydrogens (tertiary/aromatic N) is 2. The van der Waals surface area contributed by atoms with Crippen LogP contribution in [0.1, 0.15) is 10.4 Å². The summed E-state index contributed by atoms with van der Waals surface area (Å²) in [6.45, 7) is -1.51. The van der Waals surface area contributed by atoms with Crippen LogP contribution in [0, 0.1) is 0 Å². The van der Waals surface area contributed by atoms with Crippen LogP contribution in [0.25, 0.3) is 11.1 Å². The number of H-pyrrole nitrogens is 1. The molecule has 1 N–H and O–H groups in total. The van der Waals surface area contributed by atoms with Crippen LogP contribution >= 0.6 is 0 Å². The molecule has 0 fully saturated rings. The van der Waals surface area contributed by atoms with Gasteiger partial charge in [0, 0.05) is 19.4 Å². The number of aromatic nitrogens is 3. The highest BCUT2D eigenvalue weighted by molar-refractivity contribution is 5.90. The molecule has 0 amide bonds. The van der Waals surface area contributed by atoms with Crippen molar-refractivity contribution in [3.63, 3.8) is 0 Å². The standard InChI is InChI=1S/C13H12F3N3O4/c1-18-5-7(12(22)23-2)3-8(10(18)20)9-4-17-19(11(9)21)6-13(14,15)16/h3-5,17H,6H2,1-2H3. The van der Waals surface area contributed by atoms with Crippen molar-refractivity contribution >= 4 is 5.97 Å². The number of halogens is 3. The minimum Gasteiger partial charge on any atom is -0.465 e. The zero-order valence-corrected chi connectivity index (χ0v) is 12.1. The van der Waals surface area contributed by atoms with Crippen molar-refractivity contribution in [3.05, 3.63) is 44.7 Å². The Labute approximate surface area is 126 Å². The van der Waals surface area contributed by atoms with Crippen molar-refractivity contribution in [2.24, 2.45) is 7.05 Å². The quantitative estimate of drug-likeness (QED) is 0.847. The first-order valence-electron chi connectivity index (χ1n) is 6.28. The maximum atomic E-state index is 12.4. The number of rotatable bonds is 3. The van der Waals surface area contributed by atoms with Crippen LogP contribution in [0.15, 0.2) is 28.0 Å². The average Bonchev–Trinajstić information content (AvgIpc) is 2.80. The van der Waals surface area contributed by atoms with E-state index in [-0.39, 0.29) is 16.7 Å². The predicted molar refractivity (Wildman–Crippen MR) is 73.1 cm³/mol. The van der Waals surface area contributed by atoms with E-state index in [1.54, 1.807) is 0 Å². The fourth-order valence-electron chi connectivity index (χ4n) is 2.03. The first-order chi connectivity index (χ1) is 10.6. The molecule has 7 nitrogen and oxygen atoms in total. The lowest BCUT2D eigenvalue weighted by atomic mass is 10.1. The monoisotopic (exact) mass is 331 g/mol. The number of carbonyl (C=O) groups excluding carboxylic acids is 1. The van der Waals surface area contributed by atoms with Gasteiger partial charge < -0.3 is 14.4 Å². The molecule has 2 aromatic rings. The van der Waals surface area contributed by atoms with Crippen molar-refractivity contribution in [2.75, 3.05) is 7.11 Å². The first-order valence-corrected chi connectivity index (χ1v) is 6.28. The second-order valence-electron chi connectivity index (χ2n) is 4.74. The second kappa shape index (κ2) is 5.78. The fourth-order valence-corrected chi connectivity index (χ4v) is 2.03. The third-order valence-corrected chi connectivity index (χ3v) is 3.07. The van der Waals surface area contributed by atoms with Gasteiger partial charge in [0.2, 0.25) is 0 Å². The molecule has 2 heterocycles. The van der Waals surface area contributed by atoms with Crippen molar-refractivity contribution in [1.82, 2.24) is 14.3 Å². The molecule has 0 aliphatic carbocycles. The van der Waals surface area contributed by atoms with E-state index in [4.69, 9.17) is 0 Å². The van der Waals surface area contributed by atoms with Crippen LogP contribution in [0.4, 0.5) is 13.2 Å². The van der Waals surface area contributed by atoms with E-state index in [0.29, 0.717) is 4.68 Å². The van der Waals surface area contributed by atoms with Crippen molar-refractivity contribution in [3.8, 4) is 11.1 Å². The van der Waals surface area contributed by atoms with Crippen molar-refractivity contribution < 1.29 is 22.7 Å². The first kappa shape index (κ1) is 16.6. The highest BCUT2D eigenvalue weighted by Crippen LogP contribution is 2.17. The summed E-state index contributed by atoms with van der Waals surface area (Å²) < 4.78 is 43.1. The van der Waals surface area contributed by atoms with Gasteiger partial charge in [-0.1, -0.05) is 0 Å². The second-order valence-corrected chi connectivity index (χ2v) is 4.74. The fraction of sp³-hybridized carbons (Fsp3) is 0.308. The van der Waals surface area contributed by atoms with Crippen LogP contribution in [-0.2, 0) is 18.3 Å². The molecule has 2 aromatic heterocycles. The Morgan fingerprint density at radius 2 is 1.91 bits per heavy atom. The Morgan fingerprint density at radius 1 is 1.26 bits per heavy atom. The van der Waals surface area contributed by atoms with Crippen LogP contribution < -0.4 is 11.1 Å². The number of carbonyl (C=O) groups is 1. The molecule has 0 spiro atoms. The van der Waals surface area contributed by atoms with E-state index < -0.39 is 29.8 Å². The maximum Gasteiger partial charge on any atom is 0.408 e. The largest absolute Gasteiger partial charge is 0.465 e. The summed E-state index contributed by atoms with van der Waals surface area (Å²) in [6, 6.07) is 1.11. The van der Waals surface area contributed by atoms with Gasteiger partial charge in [-0.3, -0.25) is 9.59 Å². The Balaban J connectivity index is 2.59. The number of esters is 1. The number of ether oxygens (including phenoxy) is 1. The number of pyridine rings is 1. The Hall–Kier alpha value is -2.78. The third-order valence-electron chi connectivity index (χ3n) is 3.07. The molecule has 0 aromatic carbocycles. The van der Waals surface area contributed by atoms with E-state index in [0.717, 1.165) is 23.9 Å². The molecule has 124 valence electrons. The molecule has 0 saturated heterocycles. The van der Waals surface area contributed by atoms with E-state index in [2.05, 4.69) is 9.84 Å². The lowest BCUT2D eigenvalue weighted by Crippen LogP contribution is -2.28. The normalized spacial score (nSPS) is 11.5. The Morgan fingerprint density at radius 3 is 2.48 bits per heavy atom. The van der Waals surface area contributed by atoms with Gasteiger partial charge in [0.25, 0.3) is 11.1 Å². The highest BCUT2D eigenvalue weighted by atomic mass is 19.4. The van der Waals surface area contributed by atoms with Crippen LogP contribution in [0.2, 0.25) is 0 Å². The Kier molecular flexibility index (Phi) is 4.17. The smallest absolute Gasteiger partial charge is 0.408 e. The van der Waals surface area contributed by atoms with Gasteiger partial charge in [0.1, 0.15) is 6.54 Å². The number of hydrogen-bond donors (Lipinski definition) is 1. The molecule has 0 saturated carbocycles. The van der Waals surface area contributed by atoms with E-state index >= 15 is 0 Å². The molecule has 0 bridgehead atoms. The zero-order valence-electron chi connectivity index (χ0n) is 12.1. The summed E-state index contributed by atoms with van der Waals surface area (Å²) >= 11 is 0. The van der Waals surface area contributed by atoms with Gasteiger partial charge in [-0.15, -0.1) is 0 Å². The third kappa shape index (κ3) is 3.35. The number of hydrogen-bond acceptors (Lipinski definition) is 4. The van der Waals surface area contributed by atoms with E-state index in [1.807, 2.05) is 0 Å². The number of methoxy groups -OCH3 is 1. The molecule has 23 heavy (non-hydrogen) atoms. The zero-order chi connectivity index (χ0) is 17.4. The van der Waals surface area contributed by atoms with Gasteiger partial charge in [0.05, 0.1) is 23.8 Å². The van der Waals surface area contributed by atoms with Crippen LogP contribution in [0.3, 0.4) is 0 Å². The average molecular weight is 331 g/mol. The molecule has 2 rings (SSSR count). The summed E-state index contributed by atoms with van der Waals surface area (Å²) in [5, 5.41) is 2.16. The molecule has 0 atom stereocenters. The maximum absolute atomic E-state index is 12.4. The molecular weight excluding hydrogens is 319 g/mol. The molecule has 0 aliphatic rings. The SMILES string of the molecule is COC(=O)c1cc(-c2c[nH]n(CC(F)(F)F)c2=O)c(=O)n(C)c1. The number of aryl methyl sites for hydroxylation is 1. The van der Waals surface area contributed by atoms with Crippen molar-refractivity contribution in [1.29, 1.82) is 0 Å². The topological polar surface area (TPSA) is 86.1 Å². The lowest BCUT2D eigenvalue weighted by Gasteiger charge is -2.06. The summed E-state index contributed by atoms with van der Waals surface area (Å²) in [6.07, 6.45) is -2.39. The minimum atomic E-state index is -4.59. The van der Waals surface area contributed by atoms with Crippen molar-refractivity contribution in [2.45, 2.75) is 12.7 Å². The lowest BCUT2D eigenvalue weighted by molar-refractivity contribution is -0.143. The predicted octanol–water partition coefficient (Wildman–Crippen LogP) is 0.891. The van der Waals surface area contributed by atoms with Gasteiger partial charge in [-0.2, -0.15) is 13.2 Å².